The van der Waals surface area contributed by atoms with E-state index in [1.165, 1.54) is 11.9 Å². The number of benzene rings is 1. The van der Waals surface area contributed by atoms with E-state index in [2.05, 4.69) is 0 Å². The molecule has 0 radical (unpaired) electrons. The van der Waals surface area contributed by atoms with E-state index in [0.717, 1.165) is 5.56 Å². The Bertz CT molecular complexity index is 474. The number of likely N-dealkylation sites (N-methyl/N-ethyl adjacent to an activating group) is 1. The number of carbonyl (C=O) groups excluding carboxylic acids is 2. The first kappa shape index (κ1) is 14.8. The number of carbonyl (C=O) groups is 2. The zero-order valence-electron chi connectivity index (χ0n) is 11.3. The Morgan fingerprint density at radius 3 is 2.47 bits per heavy atom. The van der Waals surface area contributed by atoms with E-state index in [0.29, 0.717) is 24.5 Å². The maximum absolute atomic E-state index is 11.3. The van der Waals surface area contributed by atoms with Gasteiger partial charge in [-0.2, -0.15) is 0 Å². The Labute approximate surface area is 112 Å². The van der Waals surface area contributed by atoms with Crippen molar-refractivity contribution in [2.45, 2.75) is 6.42 Å². The lowest BCUT2D eigenvalue weighted by Crippen LogP contribution is -2.38. The van der Waals surface area contributed by atoms with Crippen LogP contribution in [-0.4, -0.2) is 44.5 Å². The van der Waals surface area contributed by atoms with Crippen molar-refractivity contribution in [3.63, 3.8) is 0 Å². The first-order chi connectivity index (χ1) is 8.99. The molecule has 1 rings (SSSR count). The molecule has 19 heavy (non-hydrogen) atoms. The number of hydrogen-bond donors (Lipinski definition) is 1. The number of methoxy groups -OCH3 is 2. The van der Waals surface area contributed by atoms with Crippen molar-refractivity contribution in [2.24, 2.45) is 5.73 Å². The molecule has 0 saturated carbocycles. The number of hydrogen-bond acceptors (Lipinski definition) is 4. The van der Waals surface area contributed by atoms with E-state index in [9.17, 15) is 9.59 Å². The average Bonchev–Trinajstić information content (AvgIpc) is 2.43. The molecule has 0 aliphatic carbocycles. The lowest BCUT2D eigenvalue weighted by atomic mass is 10.1. The third-order valence-electron chi connectivity index (χ3n) is 2.77. The minimum absolute atomic E-state index is 0.379. The zero-order valence-corrected chi connectivity index (χ0v) is 11.3. The summed E-state index contributed by atoms with van der Waals surface area (Å²) in [6.45, 7) is 0.379. The van der Waals surface area contributed by atoms with Crippen molar-refractivity contribution < 1.29 is 19.1 Å². The molecule has 0 aliphatic rings. The van der Waals surface area contributed by atoms with Gasteiger partial charge in [-0.15, -0.1) is 0 Å². The smallest absolute Gasteiger partial charge is 0.311 e. The Hall–Kier alpha value is -2.24. The molecule has 2 N–H and O–H groups in total. The second-order valence-corrected chi connectivity index (χ2v) is 4.02. The van der Waals surface area contributed by atoms with Gasteiger partial charge in [0.1, 0.15) is 11.5 Å². The van der Waals surface area contributed by atoms with Crippen LogP contribution >= 0.6 is 0 Å². The summed E-state index contributed by atoms with van der Waals surface area (Å²) in [5, 5.41) is 0. The molecule has 0 unspecified atom stereocenters. The molecule has 104 valence electrons. The van der Waals surface area contributed by atoms with Gasteiger partial charge in [0.25, 0.3) is 0 Å². The highest BCUT2D eigenvalue weighted by atomic mass is 16.5. The largest absolute Gasteiger partial charge is 0.497 e. The van der Waals surface area contributed by atoms with Crippen LogP contribution in [0.15, 0.2) is 18.2 Å². The normalized spacial score (nSPS) is 9.84. The van der Waals surface area contributed by atoms with Gasteiger partial charge < -0.3 is 20.1 Å². The summed E-state index contributed by atoms with van der Waals surface area (Å²) in [5.74, 6) is -0.280. The van der Waals surface area contributed by atoms with E-state index in [4.69, 9.17) is 15.2 Å². The monoisotopic (exact) mass is 266 g/mol. The summed E-state index contributed by atoms with van der Waals surface area (Å²) >= 11 is 0. The van der Waals surface area contributed by atoms with E-state index in [1.807, 2.05) is 12.1 Å². The van der Waals surface area contributed by atoms with Crippen LogP contribution in [0.1, 0.15) is 5.56 Å². The molecule has 0 aliphatic heterocycles. The van der Waals surface area contributed by atoms with Gasteiger partial charge in [0, 0.05) is 19.7 Å². The predicted molar refractivity (Wildman–Crippen MR) is 70.1 cm³/mol. The van der Waals surface area contributed by atoms with Gasteiger partial charge in [-0.25, -0.2) is 0 Å². The number of ether oxygens (including phenoxy) is 2. The highest BCUT2D eigenvalue weighted by Crippen LogP contribution is 2.24. The summed E-state index contributed by atoms with van der Waals surface area (Å²) < 4.78 is 10.4. The van der Waals surface area contributed by atoms with E-state index >= 15 is 0 Å². The molecule has 0 spiro atoms. The molecule has 1 aromatic rings. The summed E-state index contributed by atoms with van der Waals surface area (Å²) in [6.07, 6.45) is 0.558. The minimum atomic E-state index is -0.954. The lowest BCUT2D eigenvalue weighted by Gasteiger charge is -2.16. The molecule has 0 saturated heterocycles. The third-order valence-corrected chi connectivity index (χ3v) is 2.77. The van der Waals surface area contributed by atoms with Crippen molar-refractivity contribution in [2.75, 3.05) is 27.8 Å². The Morgan fingerprint density at radius 1 is 1.26 bits per heavy atom. The number of amides is 2. The third kappa shape index (κ3) is 3.87. The van der Waals surface area contributed by atoms with Gasteiger partial charge in [0.15, 0.2) is 0 Å². The molecule has 0 bridgehead atoms. The predicted octanol–water partition coefficient (Wildman–Crippen LogP) is 0.190. The molecular weight excluding hydrogens is 248 g/mol. The zero-order chi connectivity index (χ0) is 14.4. The fourth-order valence-corrected chi connectivity index (χ4v) is 1.64. The maximum atomic E-state index is 11.3. The first-order valence-electron chi connectivity index (χ1n) is 5.75. The molecule has 0 aromatic heterocycles. The summed E-state index contributed by atoms with van der Waals surface area (Å²) in [7, 11) is 4.67. The van der Waals surface area contributed by atoms with Crippen LogP contribution < -0.4 is 15.2 Å². The molecule has 0 atom stereocenters. The van der Waals surface area contributed by atoms with Crippen molar-refractivity contribution in [1.29, 1.82) is 0 Å². The Kier molecular flexibility index (Phi) is 5.17. The Balaban J connectivity index is 2.72. The fraction of sp³-hybridized carbons (Fsp3) is 0.385. The number of nitrogens with two attached hydrogens (primary N) is 1. The molecule has 1 aromatic carbocycles. The molecule has 0 heterocycles. The van der Waals surface area contributed by atoms with E-state index in [-0.39, 0.29) is 0 Å². The highest BCUT2D eigenvalue weighted by molar-refractivity contribution is 6.34. The molecular formula is C13H18N2O4. The van der Waals surface area contributed by atoms with Gasteiger partial charge >= 0.3 is 11.8 Å². The summed E-state index contributed by atoms with van der Waals surface area (Å²) in [6, 6.07) is 5.44. The molecule has 6 heteroatoms. The maximum Gasteiger partial charge on any atom is 0.311 e. The van der Waals surface area contributed by atoms with Crippen LogP contribution in [-0.2, 0) is 16.0 Å². The van der Waals surface area contributed by atoms with Gasteiger partial charge in [0.05, 0.1) is 14.2 Å². The summed E-state index contributed by atoms with van der Waals surface area (Å²) in [5.41, 5.74) is 5.85. The van der Waals surface area contributed by atoms with E-state index < -0.39 is 11.8 Å². The van der Waals surface area contributed by atoms with Gasteiger partial charge in [0.2, 0.25) is 0 Å². The standard InChI is InChI=1S/C13H18N2O4/c1-15(13(17)12(14)16)7-6-9-4-5-10(18-2)8-11(9)19-3/h4-5,8H,6-7H2,1-3H3,(H2,14,16). The van der Waals surface area contributed by atoms with Crippen molar-refractivity contribution in [3.8, 4) is 11.5 Å². The second-order valence-electron chi connectivity index (χ2n) is 4.02. The number of rotatable bonds is 5. The number of nitrogens with zero attached hydrogens (tertiary/aromatic N) is 1. The van der Waals surface area contributed by atoms with E-state index in [1.54, 1.807) is 20.3 Å². The molecule has 6 nitrogen and oxygen atoms in total. The van der Waals surface area contributed by atoms with Gasteiger partial charge in [-0.1, -0.05) is 6.07 Å². The highest BCUT2D eigenvalue weighted by Gasteiger charge is 2.15. The van der Waals surface area contributed by atoms with Crippen LogP contribution in [0.25, 0.3) is 0 Å². The molecule has 2 amide bonds. The first-order valence-corrected chi connectivity index (χ1v) is 5.75. The van der Waals surface area contributed by atoms with Crippen molar-refractivity contribution >= 4 is 11.8 Å². The Morgan fingerprint density at radius 2 is 1.95 bits per heavy atom. The van der Waals surface area contributed by atoms with Gasteiger partial charge in [-0.05, 0) is 18.1 Å². The molecule has 0 fully saturated rings. The topological polar surface area (TPSA) is 81.9 Å². The quantitative estimate of drug-likeness (QED) is 0.771. The van der Waals surface area contributed by atoms with Crippen molar-refractivity contribution in [1.82, 2.24) is 4.90 Å². The van der Waals surface area contributed by atoms with Crippen molar-refractivity contribution in [3.05, 3.63) is 23.8 Å². The lowest BCUT2D eigenvalue weighted by molar-refractivity contribution is -0.143. The average molecular weight is 266 g/mol. The SMILES string of the molecule is COc1ccc(CCN(C)C(=O)C(N)=O)c(OC)c1. The van der Waals surface area contributed by atoms with Crippen LogP contribution in [0.4, 0.5) is 0 Å². The second kappa shape index (κ2) is 6.63. The fourth-order valence-electron chi connectivity index (χ4n) is 1.64. The minimum Gasteiger partial charge on any atom is -0.497 e. The van der Waals surface area contributed by atoms with Crippen LogP contribution in [0.5, 0.6) is 11.5 Å². The van der Waals surface area contributed by atoms with Crippen LogP contribution in [0.3, 0.4) is 0 Å². The van der Waals surface area contributed by atoms with Gasteiger partial charge in [-0.3, -0.25) is 9.59 Å². The van der Waals surface area contributed by atoms with Crippen LogP contribution in [0, 0.1) is 0 Å². The number of primary amides is 1. The summed E-state index contributed by atoms with van der Waals surface area (Å²) in [4.78, 5) is 23.4. The van der Waals surface area contributed by atoms with Crippen LogP contribution in [0.2, 0.25) is 0 Å².